The van der Waals surface area contributed by atoms with E-state index in [0.717, 1.165) is 5.56 Å². The van der Waals surface area contributed by atoms with E-state index >= 15 is 0 Å². The highest BCUT2D eigenvalue weighted by Crippen LogP contribution is 2.16. The molecular weight excluding hydrogens is 380 g/mol. The Hall–Kier alpha value is -3.66. The Morgan fingerprint density at radius 1 is 1.29 bits per heavy atom. The van der Waals surface area contributed by atoms with Crippen molar-refractivity contribution in [2.24, 2.45) is 0 Å². The van der Waals surface area contributed by atoms with E-state index in [1.54, 1.807) is 24.4 Å². The van der Waals surface area contributed by atoms with Gasteiger partial charge in [0.2, 0.25) is 0 Å². The lowest BCUT2D eigenvalue weighted by Gasteiger charge is -2.09. The van der Waals surface area contributed by atoms with Crippen molar-refractivity contribution in [3.05, 3.63) is 69.3 Å². The number of carbonyl (C=O) groups excluding carboxylic acids is 1. The molecule has 0 unspecified atom stereocenters. The zero-order chi connectivity index (χ0) is 19.5. The van der Waals surface area contributed by atoms with Gasteiger partial charge in [-0.2, -0.15) is 4.68 Å². The molecule has 140 valence electrons. The number of aromatic amines is 1. The van der Waals surface area contributed by atoms with Gasteiger partial charge in [-0.05, 0) is 40.4 Å². The number of H-pyrrole nitrogens is 1. The summed E-state index contributed by atoms with van der Waals surface area (Å²) >= 11 is 1.30. The average Bonchev–Trinajstić information content (AvgIpc) is 3.34. The summed E-state index contributed by atoms with van der Waals surface area (Å²) in [4.78, 5) is 31.7. The third-order valence-electron chi connectivity index (χ3n) is 3.87. The number of tetrazole rings is 1. The highest BCUT2D eigenvalue weighted by atomic mass is 32.1. The molecule has 0 saturated heterocycles. The fourth-order valence-corrected chi connectivity index (χ4v) is 3.29. The van der Waals surface area contributed by atoms with Crippen LogP contribution in [0.5, 0.6) is 0 Å². The monoisotopic (exact) mass is 394 g/mol. The summed E-state index contributed by atoms with van der Waals surface area (Å²) in [7, 11) is 0. The van der Waals surface area contributed by atoms with Crippen molar-refractivity contribution in [2.75, 3.05) is 0 Å². The number of rotatable bonds is 5. The predicted molar refractivity (Wildman–Crippen MR) is 103 cm³/mol. The van der Waals surface area contributed by atoms with E-state index in [1.807, 2.05) is 30.3 Å². The first-order chi connectivity index (χ1) is 13.6. The Balaban J connectivity index is 1.61. The van der Waals surface area contributed by atoms with E-state index in [1.165, 1.54) is 16.0 Å². The molecule has 4 rings (SSSR count). The SMILES string of the molecule is Cc1nnnn1/C(=C\c1ccccc1)C(=O)OCc1nc2ccsc2c(=O)[nH]1. The summed E-state index contributed by atoms with van der Waals surface area (Å²) in [6.45, 7) is 1.49. The number of ether oxygens (including phenoxy) is 1. The topological polar surface area (TPSA) is 116 Å². The molecule has 0 saturated carbocycles. The first-order valence-electron chi connectivity index (χ1n) is 8.27. The van der Waals surface area contributed by atoms with Crippen molar-refractivity contribution in [1.82, 2.24) is 30.2 Å². The van der Waals surface area contributed by atoms with Crippen molar-refractivity contribution in [1.29, 1.82) is 0 Å². The van der Waals surface area contributed by atoms with Gasteiger partial charge >= 0.3 is 5.97 Å². The summed E-state index contributed by atoms with van der Waals surface area (Å²) in [5.41, 5.74) is 1.24. The first-order valence-corrected chi connectivity index (χ1v) is 9.15. The smallest absolute Gasteiger partial charge is 0.357 e. The molecule has 0 bridgehead atoms. The van der Waals surface area contributed by atoms with Crippen LogP contribution in [-0.4, -0.2) is 36.1 Å². The van der Waals surface area contributed by atoms with Gasteiger partial charge in [0.05, 0.1) is 5.52 Å². The van der Waals surface area contributed by atoms with Gasteiger partial charge in [0.1, 0.15) is 17.1 Å². The molecular formula is C18H14N6O3S. The molecule has 3 heterocycles. The van der Waals surface area contributed by atoms with Crippen LogP contribution in [0.15, 0.2) is 46.6 Å². The maximum atomic E-state index is 12.7. The van der Waals surface area contributed by atoms with E-state index in [4.69, 9.17) is 4.74 Å². The largest absolute Gasteiger partial charge is 0.453 e. The number of esters is 1. The number of hydrogen-bond donors (Lipinski definition) is 1. The zero-order valence-electron chi connectivity index (χ0n) is 14.7. The van der Waals surface area contributed by atoms with Gasteiger partial charge in [-0.3, -0.25) is 4.79 Å². The van der Waals surface area contributed by atoms with E-state index in [2.05, 4.69) is 25.5 Å². The van der Waals surface area contributed by atoms with Crippen LogP contribution in [0.2, 0.25) is 0 Å². The van der Waals surface area contributed by atoms with Gasteiger partial charge in [-0.1, -0.05) is 30.3 Å². The molecule has 4 aromatic rings. The van der Waals surface area contributed by atoms with Gasteiger partial charge in [0.15, 0.2) is 11.5 Å². The Kier molecular flexibility index (Phi) is 4.77. The Bertz CT molecular complexity index is 1220. The highest BCUT2D eigenvalue weighted by molar-refractivity contribution is 7.17. The molecule has 0 aliphatic carbocycles. The molecule has 10 heteroatoms. The number of thiophene rings is 1. The zero-order valence-corrected chi connectivity index (χ0v) is 15.5. The Morgan fingerprint density at radius 3 is 2.86 bits per heavy atom. The number of nitrogens with zero attached hydrogens (tertiary/aromatic N) is 5. The van der Waals surface area contributed by atoms with Gasteiger partial charge in [-0.15, -0.1) is 16.4 Å². The number of benzene rings is 1. The van der Waals surface area contributed by atoms with Crippen molar-refractivity contribution >= 4 is 39.3 Å². The van der Waals surface area contributed by atoms with E-state index < -0.39 is 5.97 Å². The van der Waals surface area contributed by atoms with Crippen LogP contribution in [0.4, 0.5) is 0 Å². The van der Waals surface area contributed by atoms with Crippen molar-refractivity contribution < 1.29 is 9.53 Å². The summed E-state index contributed by atoms with van der Waals surface area (Å²) in [5, 5.41) is 13.0. The lowest BCUT2D eigenvalue weighted by molar-refractivity contribution is -0.138. The summed E-state index contributed by atoms with van der Waals surface area (Å²) < 4.78 is 7.20. The fraction of sp³-hybridized carbons (Fsp3) is 0.111. The molecule has 0 aliphatic rings. The van der Waals surface area contributed by atoms with Crippen LogP contribution in [0.1, 0.15) is 17.2 Å². The minimum atomic E-state index is -0.646. The minimum Gasteiger partial charge on any atom is -0.453 e. The maximum Gasteiger partial charge on any atom is 0.357 e. The molecule has 0 fully saturated rings. The quantitative estimate of drug-likeness (QED) is 0.407. The third-order valence-corrected chi connectivity index (χ3v) is 4.77. The van der Waals surface area contributed by atoms with Gasteiger partial charge in [0, 0.05) is 0 Å². The molecule has 1 aromatic carbocycles. The number of nitrogens with one attached hydrogen (secondary N) is 1. The molecule has 0 radical (unpaired) electrons. The molecule has 0 aliphatic heterocycles. The van der Waals surface area contributed by atoms with Crippen LogP contribution in [-0.2, 0) is 16.1 Å². The lowest BCUT2D eigenvalue weighted by Crippen LogP contribution is -2.17. The summed E-state index contributed by atoms with van der Waals surface area (Å²) in [6.07, 6.45) is 1.63. The number of hydrogen-bond acceptors (Lipinski definition) is 8. The van der Waals surface area contributed by atoms with Crippen molar-refractivity contribution in [3.63, 3.8) is 0 Å². The molecule has 3 aromatic heterocycles. The summed E-state index contributed by atoms with van der Waals surface area (Å²) in [6, 6.07) is 11.0. The third kappa shape index (κ3) is 3.58. The highest BCUT2D eigenvalue weighted by Gasteiger charge is 2.18. The second kappa shape index (κ2) is 7.53. The normalized spacial score (nSPS) is 11.7. The van der Waals surface area contributed by atoms with Crippen molar-refractivity contribution in [2.45, 2.75) is 13.5 Å². The fourth-order valence-electron chi connectivity index (χ4n) is 2.57. The van der Waals surface area contributed by atoms with Crippen LogP contribution < -0.4 is 5.56 Å². The van der Waals surface area contributed by atoms with E-state index in [9.17, 15) is 9.59 Å². The molecule has 1 N–H and O–H groups in total. The van der Waals surface area contributed by atoms with Crippen molar-refractivity contribution in [3.8, 4) is 0 Å². The lowest BCUT2D eigenvalue weighted by atomic mass is 10.2. The number of aryl methyl sites for hydroxylation is 1. The van der Waals surface area contributed by atoms with E-state index in [-0.39, 0.29) is 23.7 Å². The van der Waals surface area contributed by atoms with Gasteiger partial charge < -0.3 is 9.72 Å². The van der Waals surface area contributed by atoms with Crippen LogP contribution in [0.25, 0.3) is 22.0 Å². The number of aromatic nitrogens is 6. The minimum absolute atomic E-state index is 0.146. The number of fused-ring (bicyclic) bond motifs is 1. The van der Waals surface area contributed by atoms with Gasteiger partial charge in [0.25, 0.3) is 5.56 Å². The second-order valence-corrected chi connectivity index (χ2v) is 6.72. The molecule has 9 nitrogen and oxygen atoms in total. The standard InChI is InChI=1S/C18H14N6O3S/c1-11-21-22-23-24(11)14(9-12-5-3-2-4-6-12)18(26)27-10-15-19-13-7-8-28-16(13)17(25)20-15/h2-9H,10H2,1H3,(H,19,20,25)/b14-9-. The number of carbonyl (C=O) groups is 1. The predicted octanol–water partition coefficient (Wildman–Crippen LogP) is 2.02. The van der Waals surface area contributed by atoms with Crippen LogP contribution in [0, 0.1) is 6.92 Å². The summed E-state index contributed by atoms with van der Waals surface area (Å²) in [5.74, 6) is 0.0504. The molecule has 0 spiro atoms. The average molecular weight is 394 g/mol. The Morgan fingerprint density at radius 2 is 2.11 bits per heavy atom. The van der Waals surface area contributed by atoms with Gasteiger partial charge in [-0.25, -0.2) is 9.78 Å². The van der Waals surface area contributed by atoms with Crippen LogP contribution in [0.3, 0.4) is 0 Å². The second-order valence-electron chi connectivity index (χ2n) is 5.80. The molecule has 28 heavy (non-hydrogen) atoms. The molecule has 0 amide bonds. The Labute approximate surface area is 162 Å². The molecule has 0 atom stereocenters. The van der Waals surface area contributed by atoms with Crippen LogP contribution >= 0.6 is 11.3 Å². The first kappa shape index (κ1) is 17.7. The van der Waals surface area contributed by atoms with E-state index in [0.29, 0.717) is 16.0 Å². The maximum absolute atomic E-state index is 12.7.